The number of hydrogen-bond acceptors (Lipinski definition) is 11. The minimum atomic E-state index is -4.35. The van der Waals surface area contributed by atoms with Crippen LogP contribution in [0.5, 0.6) is 5.75 Å². The molecule has 0 saturated carbocycles. The lowest BCUT2D eigenvalue weighted by Crippen LogP contribution is -2.50. The molecular formula is C56H74F3N7O9S. The largest absolute Gasteiger partial charge is 0.497 e. The summed E-state index contributed by atoms with van der Waals surface area (Å²) in [5.74, 6) is 0.129. The van der Waals surface area contributed by atoms with Gasteiger partial charge in [-0.3, -0.25) is 43.2 Å². The number of piperidine rings is 1. The van der Waals surface area contributed by atoms with E-state index < -0.39 is 33.7 Å². The quantitative estimate of drug-likeness (QED) is 0.0770. The van der Waals surface area contributed by atoms with Gasteiger partial charge in [-0.2, -0.15) is 21.6 Å². The third-order valence-corrected chi connectivity index (χ3v) is 16.9. The molecule has 5 aliphatic rings. The molecule has 0 spiro atoms. The lowest BCUT2D eigenvalue weighted by molar-refractivity contribution is -0.217. The minimum Gasteiger partial charge on any atom is -0.497 e. The van der Waals surface area contributed by atoms with Gasteiger partial charge in [0.15, 0.2) is 0 Å². The van der Waals surface area contributed by atoms with Gasteiger partial charge in [-0.15, -0.1) is 0 Å². The van der Waals surface area contributed by atoms with Crippen molar-refractivity contribution in [3.05, 3.63) is 99.5 Å². The molecule has 0 radical (unpaired) electrons. The summed E-state index contributed by atoms with van der Waals surface area (Å²) in [6, 6.07) is 19.2. The molecule has 76 heavy (non-hydrogen) atoms. The Labute approximate surface area is 443 Å². The Kier molecular flexibility index (Phi) is 17.0. The molecular weight excluding hydrogens is 1000 g/mol. The first-order valence-electron chi connectivity index (χ1n) is 26.6. The van der Waals surface area contributed by atoms with Crippen LogP contribution in [0.3, 0.4) is 0 Å². The van der Waals surface area contributed by atoms with E-state index in [2.05, 4.69) is 71.9 Å². The van der Waals surface area contributed by atoms with E-state index in [0.29, 0.717) is 80.5 Å². The van der Waals surface area contributed by atoms with Crippen molar-refractivity contribution in [3.8, 4) is 5.75 Å². The number of carbonyl (C=O) groups is 3. The van der Waals surface area contributed by atoms with Gasteiger partial charge in [0.05, 0.1) is 46.2 Å². The fourth-order valence-corrected chi connectivity index (χ4v) is 11.8. The van der Waals surface area contributed by atoms with Crippen LogP contribution >= 0.6 is 0 Å². The SMILES string of the molecule is CCS(=O)(=O)O.COc1ccc([C@]2(CCN(Cc3ccc(C4=CC[C@H](CN5CCN(C(=O)c6ccc7c8c6NCCn8c(=O)n7[C@@H]6CCC(=O)NC6=O)CC5)CC4)cc3)CC(C)(C)C(F)(F)F)CCOC(C)(C)C2)cc1. The first-order chi connectivity index (χ1) is 35.9. The number of amides is 3. The second-order valence-electron chi connectivity index (χ2n) is 22.5. The van der Waals surface area contributed by atoms with Crippen LogP contribution in [0.25, 0.3) is 16.6 Å². The van der Waals surface area contributed by atoms with E-state index in [1.54, 1.807) is 23.8 Å². The number of imidazole rings is 1. The van der Waals surface area contributed by atoms with Crippen molar-refractivity contribution >= 4 is 50.1 Å². The highest BCUT2D eigenvalue weighted by Gasteiger charge is 2.49. The van der Waals surface area contributed by atoms with Gasteiger partial charge in [0, 0.05) is 77.3 Å². The van der Waals surface area contributed by atoms with Crippen LogP contribution in [0.2, 0.25) is 0 Å². The molecule has 5 heterocycles. The fraction of sp³-hybridized carbons (Fsp3) is 0.571. The molecule has 0 unspecified atom stereocenters. The van der Waals surface area contributed by atoms with Crippen molar-refractivity contribution in [1.82, 2.24) is 29.2 Å². The maximum absolute atomic E-state index is 14.4. The summed E-state index contributed by atoms with van der Waals surface area (Å²) in [6.07, 6.45) is 3.59. The molecule has 3 saturated heterocycles. The van der Waals surface area contributed by atoms with Crippen LogP contribution in [0, 0.1) is 11.3 Å². The van der Waals surface area contributed by atoms with Crippen LogP contribution in [0.4, 0.5) is 18.9 Å². The summed E-state index contributed by atoms with van der Waals surface area (Å²) in [4.78, 5) is 58.6. The molecule has 4 aromatic rings. The van der Waals surface area contributed by atoms with Gasteiger partial charge in [-0.25, -0.2) is 4.79 Å². The van der Waals surface area contributed by atoms with E-state index in [1.807, 2.05) is 21.9 Å². The van der Waals surface area contributed by atoms with E-state index in [9.17, 15) is 40.8 Å². The van der Waals surface area contributed by atoms with Gasteiger partial charge in [-0.05, 0) is 139 Å². The highest BCUT2D eigenvalue weighted by Crippen LogP contribution is 2.46. The summed E-state index contributed by atoms with van der Waals surface area (Å²) in [5.41, 5.74) is 4.06. The molecule has 3 N–H and O–H groups in total. The maximum Gasteiger partial charge on any atom is 0.395 e. The topological polar surface area (TPSA) is 185 Å². The Morgan fingerprint density at radius 2 is 1.64 bits per heavy atom. The zero-order valence-corrected chi connectivity index (χ0v) is 45.5. The van der Waals surface area contributed by atoms with Crippen LogP contribution in [-0.2, 0) is 42.9 Å². The van der Waals surface area contributed by atoms with Gasteiger partial charge >= 0.3 is 11.9 Å². The monoisotopic (exact) mass is 1080 g/mol. The predicted molar refractivity (Wildman–Crippen MR) is 286 cm³/mol. The zero-order chi connectivity index (χ0) is 54.8. The first-order valence-corrected chi connectivity index (χ1v) is 28.2. The van der Waals surface area contributed by atoms with Crippen LogP contribution in [0.1, 0.15) is 119 Å². The second-order valence-corrected chi connectivity index (χ2v) is 24.2. The third kappa shape index (κ3) is 12.9. The van der Waals surface area contributed by atoms with Gasteiger partial charge in [-0.1, -0.05) is 42.5 Å². The number of ether oxygens (including phenoxy) is 2. The second kappa shape index (κ2) is 22.8. The Hall–Kier alpha value is -5.54. The van der Waals surface area contributed by atoms with Gasteiger partial charge < -0.3 is 19.7 Å². The lowest BCUT2D eigenvalue weighted by Gasteiger charge is -2.46. The number of imide groups is 1. The summed E-state index contributed by atoms with van der Waals surface area (Å²) in [7, 11) is -2.02. The van der Waals surface area contributed by atoms with E-state index in [4.69, 9.17) is 14.0 Å². The number of aromatic nitrogens is 2. The third-order valence-electron chi connectivity index (χ3n) is 16.1. The Morgan fingerprint density at radius 1 is 0.947 bits per heavy atom. The minimum absolute atomic E-state index is 0.0926. The number of allylic oxidation sites excluding steroid dienone is 2. The number of benzene rings is 3. The summed E-state index contributed by atoms with van der Waals surface area (Å²) in [6.45, 7) is 14.1. The highest BCUT2D eigenvalue weighted by molar-refractivity contribution is 7.85. The van der Waals surface area contributed by atoms with E-state index in [-0.39, 0.29) is 53.7 Å². The molecule has 414 valence electrons. The standard InChI is InChI=1S/C54H68F3N7O6.C2H6O3S/c1-51(2,54(55,56)57)35-61(25-22-53(23-31-70-52(3,4)34-53)40-14-16-41(69-5)17-15-40)33-37-8-12-39(13-9-37)38-10-6-36(7-11-38)32-60-27-29-62(30-28-60)49(67)42-18-19-43-47-46(42)58-24-26-63(47)50(68)64(43)44-20-21-45(65)59-48(44)66;1-2-6(3,4)5/h8-10,12-19,36,44,58H,6-7,11,20-35H2,1-5H3,(H,59,65,66);2H2,1H3,(H,3,4,5)/t36-,44+,53+;/m0./s1. The van der Waals surface area contributed by atoms with Crippen molar-refractivity contribution < 1.29 is 50.0 Å². The molecule has 9 rings (SSSR count). The fourth-order valence-electron chi connectivity index (χ4n) is 11.8. The van der Waals surface area contributed by atoms with Gasteiger partial charge in [0.2, 0.25) is 11.8 Å². The molecule has 0 bridgehead atoms. The van der Waals surface area contributed by atoms with E-state index >= 15 is 0 Å². The van der Waals surface area contributed by atoms with Crippen molar-refractivity contribution in [1.29, 1.82) is 0 Å². The molecule has 3 aromatic carbocycles. The van der Waals surface area contributed by atoms with Crippen molar-refractivity contribution in [2.45, 2.75) is 122 Å². The number of halogens is 3. The maximum atomic E-state index is 14.4. The summed E-state index contributed by atoms with van der Waals surface area (Å²) >= 11 is 0. The summed E-state index contributed by atoms with van der Waals surface area (Å²) in [5, 5.41) is 5.73. The smallest absolute Gasteiger partial charge is 0.395 e. The molecule has 3 amide bonds. The first kappa shape index (κ1) is 56.7. The number of anilines is 1. The van der Waals surface area contributed by atoms with Crippen LogP contribution in [0.15, 0.2) is 71.5 Å². The summed E-state index contributed by atoms with van der Waals surface area (Å²) < 4.78 is 84.8. The van der Waals surface area contributed by atoms with Gasteiger partial charge in [0.1, 0.15) is 11.8 Å². The molecule has 16 nitrogen and oxygen atoms in total. The number of hydrogen-bond donors (Lipinski definition) is 3. The Balaban J connectivity index is 0.00000121. The number of carbonyl (C=O) groups excluding carboxylic acids is 3. The van der Waals surface area contributed by atoms with E-state index in [0.717, 1.165) is 74.2 Å². The van der Waals surface area contributed by atoms with Crippen molar-refractivity contribution in [2.75, 3.05) is 77.1 Å². The van der Waals surface area contributed by atoms with E-state index in [1.165, 1.54) is 30.9 Å². The molecule has 20 heteroatoms. The average Bonchev–Trinajstić information content (AvgIpc) is 3.70. The number of alkyl halides is 3. The van der Waals surface area contributed by atoms with Crippen molar-refractivity contribution in [2.24, 2.45) is 11.3 Å². The van der Waals surface area contributed by atoms with Crippen LogP contribution in [-0.4, -0.2) is 138 Å². The zero-order valence-electron chi connectivity index (χ0n) is 44.6. The number of nitrogens with one attached hydrogen (secondary N) is 2. The lowest BCUT2D eigenvalue weighted by atomic mass is 9.67. The molecule has 3 fully saturated rings. The Morgan fingerprint density at radius 3 is 2.25 bits per heavy atom. The van der Waals surface area contributed by atoms with Crippen molar-refractivity contribution in [3.63, 3.8) is 0 Å². The van der Waals surface area contributed by atoms with Crippen LogP contribution < -0.4 is 21.1 Å². The molecule has 4 aliphatic heterocycles. The Bertz CT molecular complexity index is 2960. The molecule has 3 atom stereocenters. The molecule has 1 aliphatic carbocycles. The average molecular weight is 1080 g/mol. The molecule has 1 aromatic heterocycles. The highest BCUT2D eigenvalue weighted by atomic mass is 32.2. The number of nitrogens with zero attached hydrogens (tertiary/aromatic N) is 5. The normalized spacial score (nSPS) is 22.4. The number of piperazine rings is 1. The van der Waals surface area contributed by atoms with Gasteiger partial charge in [0.25, 0.3) is 16.0 Å². The number of rotatable bonds is 15. The predicted octanol–water partition coefficient (Wildman–Crippen LogP) is 8.06. The number of methoxy groups -OCH3 is 1.